The van der Waals surface area contributed by atoms with Crippen molar-refractivity contribution < 1.29 is 13.2 Å². The highest BCUT2D eigenvalue weighted by Crippen LogP contribution is 2.26. The molecule has 0 amide bonds. The van der Waals surface area contributed by atoms with Gasteiger partial charge in [-0.05, 0) is 37.1 Å². The van der Waals surface area contributed by atoms with Gasteiger partial charge in [0.05, 0.1) is 4.90 Å². The summed E-state index contributed by atoms with van der Waals surface area (Å²) >= 11 is 0. The van der Waals surface area contributed by atoms with Gasteiger partial charge in [-0.3, -0.25) is 0 Å². The molecule has 2 aromatic rings. The molecular weight excluding hydrogens is 278 g/mol. The number of aryl methyl sites for hydroxylation is 1. The highest BCUT2D eigenvalue weighted by molar-refractivity contribution is 7.89. The Balaban J connectivity index is 2.27. The van der Waals surface area contributed by atoms with Crippen LogP contribution in [0.2, 0.25) is 0 Å². The Kier molecular flexibility index (Phi) is 3.82. The molecule has 0 spiro atoms. The van der Waals surface area contributed by atoms with Crippen molar-refractivity contribution in [2.45, 2.75) is 25.3 Å². The molecule has 0 atom stereocenters. The Morgan fingerprint density at radius 2 is 2.00 bits per heavy atom. The number of hydrogen-bond donors (Lipinski definition) is 1. The van der Waals surface area contributed by atoms with Gasteiger partial charge < -0.3 is 9.30 Å². The summed E-state index contributed by atoms with van der Waals surface area (Å²) in [6.45, 7) is 3.83. The summed E-state index contributed by atoms with van der Waals surface area (Å²) in [5, 5.41) is 5.17. The van der Waals surface area contributed by atoms with Crippen molar-refractivity contribution in [3.8, 4) is 5.75 Å². The lowest BCUT2D eigenvalue weighted by Gasteiger charge is -2.13. The SMILES string of the molecule is Cc1c(OCc2nccn2C)ccc(S(N)(=O)=O)c1C. The number of rotatable bonds is 4. The normalized spacial score (nSPS) is 11.6. The van der Waals surface area contributed by atoms with Crippen LogP contribution in [0.3, 0.4) is 0 Å². The molecule has 0 aliphatic heterocycles. The van der Waals surface area contributed by atoms with Crippen molar-refractivity contribution in [1.82, 2.24) is 9.55 Å². The van der Waals surface area contributed by atoms with E-state index in [4.69, 9.17) is 9.88 Å². The number of ether oxygens (including phenoxy) is 1. The average Bonchev–Trinajstić information content (AvgIpc) is 2.75. The summed E-state index contributed by atoms with van der Waals surface area (Å²) in [6, 6.07) is 3.08. The molecule has 1 heterocycles. The van der Waals surface area contributed by atoms with Gasteiger partial charge in [-0.1, -0.05) is 0 Å². The molecule has 1 aromatic heterocycles. The number of hydrogen-bond acceptors (Lipinski definition) is 4. The summed E-state index contributed by atoms with van der Waals surface area (Å²) in [4.78, 5) is 4.29. The summed E-state index contributed by atoms with van der Waals surface area (Å²) in [6.07, 6.45) is 3.53. The maximum absolute atomic E-state index is 11.4. The van der Waals surface area contributed by atoms with Crippen molar-refractivity contribution in [2.24, 2.45) is 12.2 Å². The zero-order chi connectivity index (χ0) is 14.9. The molecule has 0 radical (unpaired) electrons. The lowest BCUT2D eigenvalue weighted by atomic mass is 10.1. The Hall–Kier alpha value is -1.86. The molecule has 0 fully saturated rings. The number of sulfonamides is 1. The van der Waals surface area contributed by atoms with Crippen molar-refractivity contribution in [2.75, 3.05) is 0 Å². The Morgan fingerprint density at radius 3 is 2.55 bits per heavy atom. The Labute approximate surface area is 118 Å². The number of aromatic nitrogens is 2. The third-order valence-corrected chi connectivity index (χ3v) is 4.33. The van der Waals surface area contributed by atoms with E-state index < -0.39 is 10.0 Å². The first-order valence-corrected chi connectivity index (χ1v) is 7.57. The fourth-order valence-electron chi connectivity index (χ4n) is 1.91. The van der Waals surface area contributed by atoms with Gasteiger partial charge in [-0.2, -0.15) is 0 Å². The topological polar surface area (TPSA) is 87.2 Å². The Morgan fingerprint density at radius 1 is 1.30 bits per heavy atom. The van der Waals surface area contributed by atoms with E-state index in [-0.39, 0.29) is 4.90 Å². The Bertz CT molecular complexity index is 735. The number of nitrogens with zero attached hydrogens (tertiary/aromatic N) is 2. The molecule has 2 rings (SSSR count). The van der Waals surface area contributed by atoms with E-state index in [2.05, 4.69) is 4.98 Å². The lowest BCUT2D eigenvalue weighted by Crippen LogP contribution is -2.14. The van der Waals surface area contributed by atoms with Crippen LogP contribution in [-0.4, -0.2) is 18.0 Å². The molecule has 6 nitrogen and oxygen atoms in total. The van der Waals surface area contributed by atoms with Crippen molar-refractivity contribution in [3.63, 3.8) is 0 Å². The predicted molar refractivity (Wildman–Crippen MR) is 74.8 cm³/mol. The summed E-state index contributed by atoms with van der Waals surface area (Å²) in [7, 11) is -1.83. The molecule has 0 saturated heterocycles. The summed E-state index contributed by atoms with van der Waals surface area (Å²) in [5.74, 6) is 1.41. The van der Waals surface area contributed by atoms with Crippen LogP contribution in [-0.2, 0) is 23.7 Å². The van der Waals surface area contributed by atoms with Crippen molar-refractivity contribution >= 4 is 10.0 Å². The first-order valence-electron chi connectivity index (χ1n) is 6.02. The first kappa shape index (κ1) is 14.5. The van der Waals surface area contributed by atoms with Gasteiger partial charge in [0.15, 0.2) is 0 Å². The molecule has 0 bridgehead atoms. The maximum atomic E-state index is 11.4. The molecule has 2 N–H and O–H groups in total. The fourth-order valence-corrected chi connectivity index (χ4v) is 2.75. The smallest absolute Gasteiger partial charge is 0.238 e. The van der Waals surface area contributed by atoms with E-state index in [0.717, 1.165) is 11.4 Å². The summed E-state index contributed by atoms with van der Waals surface area (Å²) in [5.41, 5.74) is 1.36. The molecule has 0 aliphatic carbocycles. The van der Waals surface area contributed by atoms with Gasteiger partial charge in [0.2, 0.25) is 10.0 Å². The molecule has 7 heteroatoms. The minimum absolute atomic E-state index is 0.124. The van der Waals surface area contributed by atoms with Crippen LogP contribution in [0.5, 0.6) is 5.75 Å². The van der Waals surface area contributed by atoms with Gasteiger partial charge in [-0.25, -0.2) is 18.5 Å². The quantitative estimate of drug-likeness (QED) is 0.920. The largest absolute Gasteiger partial charge is 0.485 e. The molecule has 0 saturated carbocycles. The van der Waals surface area contributed by atoms with E-state index in [0.29, 0.717) is 17.9 Å². The molecule has 108 valence electrons. The molecule has 0 unspecified atom stereocenters. The van der Waals surface area contributed by atoms with E-state index in [1.807, 2.05) is 17.8 Å². The number of primary sulfonamides is 1. The van der Waals surface area contributed by atoms with Gasteiger partial charge in [0.25, 0.3) is 0 Å². The molecule has 0 aliphatic rings. The van der Waals surface area contributed by atoms with Gasteiger partial charge >= 0.3 is 0 Å². The van der Waals surface area contributed by atoms with Crippen LogP contribution in [0.25, 0.3) is 0 Å². The third-order valence-electron chi connectivity index (χ3n) is 3.27. The second kappa shape index (κ2) is 5.26. The fraction of sp³-hybridized carbons (Fsp3) is 0.308. The lowest BCUT2D eigenvalue weighted by molar-refractivity contribution is 0.289. The second-order valence-electron chi connectivity index (χ2n) is 4.60. The average molecular weight is 295 g/mol. The van der Waals surface area contributed by atoms with Gasteiger partial charge in [0, 0.05) is 19.4 Å². The van der Waals surface area contributed by atoms with Crippen LogP contribution >= 0.6 is 0 Å². The van der Waals surface area contributed by atoms with Crippen LogP contribution < -0.4 is 9.88 Å². The molecular formula is C13H17N3O3S. The standard InChI is InChI=1S/C13H17N3O3S/c1-9-10(2)12(20(14,17)18)5-4-11(9)19-8-13-15-6-7-16(13)3/h4-7H,8H2,1-3H3,(H2,14,17,18). The van der Waals surface area contributed by atoms with Crippen LogP contribution in [0.15, 0.2) is 29.4 Å². The number of nitrogens with two attached hydrogens (primary N) is 1. The molecule has 20 heavy (non-hydrogen) atoms. The van der Waals surface area contributed by atoms with Crippen molar-refractivity contribution in [1.29, 1.82) is 0 Å². The minimum atomic E-state index is -3.71. The predicted octanol–water partition coefficient (Wildman–Crippen LogP) is 1.26. The van der Waals surface area contributed by atoms with Crippen molar-refractivity contribution in [3.05, 3.63) is 41.5 Å². The number of benzene rings is 1. The third kappa shape index (κ3) is 2.83. The summed E-state index contributed by atoms with van der Waals surface area (Å²) < 4.78 is 30.4. The highest BCUT2D eigenvalue weighted by atomic mass is 32.2. The van der Waals surface area contributed by atoms with Gasteiger partial charge in [0.1, 0.15) is 18.2 Å². The van der Waals surface area contributed by atoms with E-state index in [1.54, 1.807) is 26.1 Å². The monoisotopic (exact) mass is 295 g/mol. The van der Waals surface area contributed by atoms with Crippen LogP contribution in [0.4, 0.5) is 0 Å². The first-order chi connectivity index (χ1) is 9.30. The van der Waals surface area contributed by atoms with E-state index in [1.165, 1.54) is 6.07 Å². The second-order valence-corrected chi connectivity index (χ2v) is 6.13. The van der Waals surface area contributed by atoms with Gasteiger partial charge in [-0.15, -0.1) is 0 Å². The van der Waals surface area contributed by atoms with E-state index in [9.17, 15) is 8.42 Å². The van der Waals surface area contributed by atoms with Crippen LogP contribution in [0.1, 0.15) is 17.0 Å². The van der Waals surface area contributed by atoms with E-state index >= 15 is 0 Å². The highest BCUT2D eigenvalue weighted by Gasteiger charge is 2.15. The zero-order valence-electron chi connectivity index (χ0n) is 11.6. The number of imidazole rings is 1. The zero-order valence-corrected chi connectivity index (χ0v) is 12.4. The maximum Gasteiger partial charge on any atom is 0.238 e. The minimum Gasteiger partial charge on any atom is -0.485 e. The molecule has 1 aromatic carbocycles. The van der Waals surface area contributed by atoms with Crippen LogP contribution in [0, 0.1) is 13.8 Å².